The van der Waals surface area contributed by atoms with Crippen molar-refractivity contribution in [2.75, 3.05) is 0 Å². The van der Waals surface area contributed by atoms with E-state index in [0.717, 1.165) is 23.3 Å². The van der Waals surface area contributed by atoms with E-state index in [0.29, 0.717) is 16.9 Å². The number of nitrogens with one attached hydrogen (secondary N) is 1. The standard InChI is InChI=1S/C25H21FN4O4/c1-13-7-8-19(9-14(13)2)30-24(32)22(15(3)29-30)28-27-21-12-18(26)11-20(23(21)31)16-5-4-6-17(10-16)25(33)34/h4-12,29,31H,1-3H3,(H,33,34). The van der Waals surface area contributed by atoms with Crippen molar-refractivity contribution in [3.63, 3.8) is 0 Å². The Bertz CT molecular complexity index is 1520. The van der Waals surface area contributed by atoms with Crippen LogP contribution in [0.2, 0.25) is 0 Å². The largest absolute Gasteiger partial charge is 0.505 e. The van der Waals surface area contributed by atoms with E-state index in [-0.39, 0.29) is 22.5 Å². The van der Waals surface area contributed by atoms with Gasteiger partial charge in [-0.25, -0.2) is 13.9 Å². The zero-order valence-electron chi connectivity index (χ0n) is 18.6. The van der Waals surface area contributed by atoms with Crippen LogP contribution in [-0.4, -0.2) is 26.0 Å². The lowest BCUT2D eigenvalue weighted by Crippen LogP contribution is -2.14. The van der Waals surface area contributed by atoms with Crippen molar-refractivity contribution in [2.24, 2.45) is 10.2 Å². The number of aryl methyl sites for hydroxylation is 3. The molecule has 1 heterocycles. The summed E-state index contributed by atoms with van der Waals surface area (Å²) in [5.41, 5.74) is 2.87. The number of carboxylic acids is 1. The predicted molar refractivity (Wildman–Crippen MR) is 125 cm³/mol. The van der Waals surface area contributed by atoms with Gasteiger partial charge in [0.15, 0.2) is 11.4 Å². The monoisotopic (exact) mass is 460 g/mol. The summed E-state index contributed by atoms with van der Waals surface area (Å²) in [6.45, 7) is 5.57. The van der Waals surface area contributed by atoms with Gasteiger partial charge in [0.05, 0.1) is 16.9 Å². The molecule has 0 aliphatic heterocycles. The molecule has 3 N–H and O–H groups in total. The topological polar surface area (TPSA) is 120 Å². The molecule has 3 aromatic carbocycles. The van der Waals surface area contributed by atoms with Crippen molar-refractivity contribution in [2.45, 2.75) is 20.8 Å². The second-order valence-corrected chi connectivity index (χ2v) is 7.90. The quantitative estimate of drug-likeness (QED) is 0.330. The summed E-state index contributed by atoms with van der Waals surface area (Å²) < 4.78 is 15.7. The number of aromatic nitrogens is 2. The Hall–Kier alpha value is -4.53. The van der Waals surface area contributed by atoms with Crippen LogP contribution in [0.5, 0.6) is 5.75 Å². The smallest absolute Gasteiger partial charge is 0.335 e. The van der Waals surface area contributed by atoms with E-state index in [4.69, 9.17) is 0 Å². The lowest BCUT2D eigenvalue weighted by atomic mass is 10.0. The van der Waals surface area contributed by atoms with E-state index < -0.39 is 23.1 Å². The number of phenols is 1. The maximum absolute atomic E-state index is 14.3. The molecule has 9 heteroatoms. The Morgan fingerprint density at radius 1 is 1.00 bits per heavy atom. The van der Waals surface area contributed by atoms with Gasteiger partial charge in [0.1, 0.15) is 11.5 Å². The Balaban J connectivity index is 1.75. The van der Waals surface area contributed by atoms with Gasteiger partial charge in [-0.3, -0.25) is 9.89 Å². The maximum atomic E-state index is 14.3. The molecule has 0 bridgehead atoms. The van der Waals surface area contributed by atoms with Crippen LogP contribution in [0, 0.1) is 26.6 Å². The number of carboxylic acid groups (broad SMARTS) is 1. The van der Waals surface area contributed by atoms with Crippen molar-refractivity contribution < 1.29 is 19.4 Å². The first kappa shape index (κ1) is 22.7. The number of H-pyrrole nitrogens is 1. The molecule has 34 heavy (non-hydrogen) atoms. The summed E-state index contributed by atoms with van der Waals surface area (Å²) in [6.07, 6.45) is 0. The van der Waals surface area contributed by atoms with Gasteiger partial charge in [0.2, 0.25) is 0 Å². The first-order chi connectivity index (χ1) is 16.2. The molecule has 4 aromatic rings. The van der Waals surface area contributed by atoms with Crippen molar-refractivity contribution in [3.05, 3.63) is 93.2 Å². The number of azo groups is 1. The second kappa shape index (κ2) is 8.78. The third kappa shape index (κ3) is 4.23. The molecule has 0 saturated heterocycles. The van der Waals surface area contributed by atoms with Crippen LogP contribution in [-0.2, 0) is 0 Å². The number of aromatic carboxylic acids is 1. The highest BCUT2D eigenvalue weighted by Gasteiger charge is 2.16. The van der Waals surface area contributed by atoms with Crippen LogP contribution in [0.15, 0.2) is 69.6 Å². The first-order valence-electron chi connectivity index (χ1n) is 10.3. The van der Waals surface area contributed by atoms with Crippen molar-refractivity contribution >= 4 is 17.3 Å². The number of aromatic hydroxyl groups is 1. The molecule has 0 unspecified atom stereocenters. The molecule has 8 nitrogen and oxygen atoms in total. The number of benzene rings is 3. The summed E-state index contributed by atoms with van der Waals surface area (Å²) >= 11 is 0. The van der Waals surface area contributed by atoms with Gasteiger partial charge in [-0.15, -0.1) is 10.2 Å². The van der Waals surface area contributed by atoms with Gasteiger partial charge in [0.25, 0.3) is 5.56 Å². The highest BCUT2D eigenvalue weighted by atomic mass is 19.1. The minimum Gasteiger partial charge on any atom is -0.505 e. The summed E-state index contributed by atoms with van der Waals surface area (Å²) in [6, 6.07) is 13.4. The van der Waals surface area contributed by atoms with Crippen LogP contribution < -0.4 is 5.56 Å². The average Bonchev–Trinajstić information content (AvgIpc) is 3.09. The van der Waals surface area contributed by atoms with Gasteiger partial charge >= 0.3 is 5.97 Å². The van der Waals surface area contributed by atoms with E-state index in [1.807, 2.05) is 26.0 Å². The molecular formula is C25H21FN4O4. The van der Waals surface area contributed by atoms with Gasteiger partial charge in [-0.2, -0.15) is 0 Å². The van der Waals surface area contributed by atoms with E-state index in [2.05, 4.69) is 15.3 Å². The molecule has 0 amide bonds. The third-order valence-corrected chi connectivity index (χ3v) is 5.52. The predicted octanol–water partition coefficient (Wildman–Crippen LogP) is 5.72. The Kier molecular flexibility index (Phi) is 5.85. The molecule has 0 saturated carbocycles. The average molecular weight is 460 g/mol. The number of carbonyl (C=O) groups is 1. The van der Waals surface area contributed by atoms with Gasteiger partial charge < -0.3 is 10.2 Å². The first-order valence-corrected chi connectivity index (χ1v) is 10.3. The van der Waals surface area contributed by atoms with Crippen molar-refractivity contribution in [3.8, 4) is 22.6 Å². The molecule has 0 atom stereocenters. The number of aromatic amines is 1. The number of nitrogens with zero attached hydrogens (tertiary/aromatic N) is 3. The SMILES string of the molecule is Cc1ccc(-n2[nH]c(C)c(N=Nc3cc(F)cc(-c4cccc(C(=O)O)c4)c3O)c2=O)cc1C. The molecule has 0 fully saturated rings. The fourth-order valence-electron chi connectivity index (χ4n) is 3.51. The molecule has 0 aliphatic rings. The molecule has 4 rings (SSSR count). The Morgan fingerprint density at radius 3 is 2.47 bits per heavy atom. The zero-order valence-corrected chi connectivity index (χ0v) is 18.6. The number of phenolic OH excluding ortho intramolecular Hbond substituents is 1. The van der Waals surface area contributed by atoms with Crippen molar-refractivity contribution in [1.82, 2.24) is 9.78 Å². The number of hydrogen-bond acceptors (Lipinski definition) is 5. The van der Waals surface area contributed by atoms with Crippen molar-refractivity contribution in [1.29, 1.82) is 0 Å². The fraction of sp³-hybridized carbons (Fsp3) is 0.120. The van der Waals surface area contributed by atoms with E-state index in [1.165, 1.54) is 22.9 Å². The molecule has 0 aliphatic carbocycles. The molecule has 1 aromatic heterocycles. The second-order valence-electron chi connectivity index (χ2n) is 7.90. The molecule has 0 radical (unpaired) electrons. The summed E-state index contributed by atoms with van der Waals surface area (Å²) in [5, 5.41) is 30.8. The number of halogens is 1. The van der Waals surface area contributed by atoms with Crippen LogP contribution in [0.25, 0.3) is 16.8 Å². The van der Waals surface area contributed by atoms with Crippen LogP contribution >= 0.6 is 0 Å². The Morgan fingerprint density at radius 2 is 1.76 bits per heavy atom. The van der Waals surface area contributed by atoms with Gasteiger partial charge in [0, 0.05) is 11.6 Å². The molecule has 172 valence electrons. The number of rotatable bonds is 5. The molecular weight excluding hydrogens is 439 g/mol. The summed E-state index contributed by atoms with van der Waals surface area (Å²) in [5.74, 6) is -2.25. The zero-order chi connectivity index (χ0) is 24.6. The van der Waals surface area contributed by atoms with E-state index >= 15 is 0 Å². The third-order valence-electron chi connectivity index (χ3n) is 5.52. The fourth-order valence-corrected chi connectivity index (χ4v) is 3.51. The van der Waals surface area contributed by atoms with Gasteiger partial charge in [-0.1, -0.05) is 18.2 Å². The minimum absolute atomic E-state index is 0.0105. The molecule has 0 spiro atoms. The minimum atomic E-state index is -1.15. The van der Waals surface area contributed by atoms with E-state index in [9.17, 15) is 24.2 Å². The van der Waals surface area contributed by atoms with Crippen LogP contribution in [0.1, 0.15) is 27.2 Å². The normalized spacial score (nSPS) is 11.3. The highest BCUT2D eigenvalue weighted by Crippen LogP contribution is 2.39. The highest BCUT2D eigenvalue weighted by molar-refractivity contribution is 5.90. The maximum Gasteiger partial charge on any atom is 0.335 e. The number of hydrogen-bond donors (Lipinski definition) is 3. The van der Waals surface area contributed by atoms with Gasteiger partial charge in [-0.05, 0) is 67.8 Å². The van der Waals surface area contributed by atoms with E-state index in [1.54, 1.807) is 19.1 Å². The lowest BCUT2D eigenvalue weighted by Gasteiger charge is -2.08. The summed E-state index contributed by atoms with van der Waals surface area (Å²) in [4.78, 5) is 24.2. The van der Waals surface area contributed by atoms with Crippen LogP contribution in [0.4, 0.5) is 15.8 Å². The Labute approximate surface area is 193 Å². The summed E-state index contributed by atoms with van der Waals surface area (Å²) in [7, 11) is 0. The lowest BCUT2D eigenvalue weighted by molar-refractivity contribution is 0.0697. The van der Waals surface area contributed by atoms with Crippen LogP contribution in [0.3, 0.4) is 0 Å².